The Bertz CT molecular complexity index is 446. The van der Waals surface area contributed by atoms with Crippen LogP contribution in [0.25, 0.3) is 0 Å². The number of rotatable bonds is 8. The molecule has 0 aromatic carbocycles. The Kier molecular flexibility index (Phi) is 14.0. The lowest BCUT2D eigenvalue weighted by molar-refractivity contribution is -0.151. The number of nitrogens with zero attached hydrogens (tertiary/aromatic N) is 2. The van der Waals surface area contributed by atoms with Crippen molar-refractivity contribution in [1.82, 2.24) is 9.80 Å². The molecule has 0 aromatic rings. The first-order valence-corrected chi connectivity index (χ1v) is 11.5. The molecule has 2 saturated carbocycles. The van der Waals surface area contributed by atoms with E-state index in [1.165, 1.54) is 12.8 Å². The number of ether oxygens (including phenoxy) is 2. The van der Waals surface area contributed by atoms with Crippen LogP contribution in [0.1, 0.15) is 64.2 Å². The molecule has 0 spiro atoms. The van der Waals surface area contributed by atoms with Gasteiger partial charge in [-0.25, -0.2) is 0 Å². The van der Waals surface area contributed by atoms with E-state index >= 15 is 0 Å². The lowest BCUT2D eigenvalue weighted by Gasteiger charge is -2.34. The monoisotopic (exact) mass is 466 g/mol. The molecule has 0 unspecified atom stereocenters. The molecule has 6 nitrogen and oxygen atoms in total. The number of halogens is 2. The van der Waals surface area contributed by atoms with Crippen molar-refractivity contribution in [3.8, 4) is 0 Å². The van der Waals surface area contributed by atoms with Crippen LogP contribution in [0.3, 0.4) is 0 Å². The van der Waals surface area contributed by atoms with Crippen molar-refractivity contribution in [1.29, 1.82) is 0 Å². The van der Waals surface area contributed by atoms with Gasteiger partial charge in [0, 0.05) is 39.3 Å². The van der Waals surface area contributed by atoms with Crippen LogP contribution in [-0.4, -0.2) is 74.2 Å². The molecule has 0 amide bonds. The minimum atomic E-state index is 0. The zero-order chi connectivity index (χ0) is 19.6. The van der Waals surface area contributed by atoms with Crippen LogP contribution < -0.4 is 0 Å². The zero-order valence-corrected chi connectivity index (χ0v) is 19.9. The van der Waals surface area contributed by atoms with Crippen LogP contribution in [0.4, 0.5) is 0 Å². The van der Waals surface area contributed by atoms with Crippen LogP contribution in [0.5, 0.6) is 0 Å². The van der Waals surface area contributed by atoms with Crippen molar-refractivity contribution < 1.29 is 19.1 Å². The van der Waals surface area contributed by atoms with Crippen molar-refractivity contribution in [2.45, 2.75) is 64.2 Å². The first kappa shape index (κ1) is 27.5. The summed E-state index contributed by atoms with van der Waals surface area (Å²) in [6.45, 7) is 6.60. The molecule has 0 atom stereocenters. The summed E-state index contributed by atoms with van der Waals surface area (Å²) >= 11 is 0. The number of esters is 2. The molecule has 0 bridgehead atoms. The van der Waals surface area contributed by atoms with Crippen LogP contribution in [-0.2, 0) is 19.1 Å². The van der Waals surface area contributed by atoms with E-state index in [1.807, 2.05) is 0 Å². The van der Waals surface area contributed by atoms with Crippen LogP contribution in [0.15, 0.2) is 0 Å². The summed E-state index contributed by atoms with van der Waals surface area (Å²) in [5, 5.41) is 0. The van der Waals surface area contributed by atoms with Crippen molar-refractivity contribution >= 4 is 36.8 Å². The third kappa shape index (κ3) is 9.29. The molecule has 0 N–H and O–H groups in total. The highest BCUT2D eigenvalue weighted by atomic mass is 35.5. The second kappa shape index (κ2) is 15.3. The Morgan fingerprint density at radius 1 is 0.600 bits per heavy atom. The molecule has 3 fully saturated rings. The second-order valence-electron chi connectivity index (χ2n) is 8.69. The molecule has 3 aliphatic rings. The normalized spacial score (nSPS) is 21.9. The lowest BCUT2D eigenvalue weighted by atomic mass is 9.89. The maximum Gasteiger partial charge on any atom is 0.308 e. The Morgan fingerprint density at radius 2 is 0.933 bits per heavy atom. The average Bonchev–Trinajstić information content (AvgIpc) is 2.76. The van der Waals surface area contributed by atoms with Crippen molar-refractivity contribution in [2.75, 3.05) is 52.5 Å². The lowest BCUT2D eigenvalue weighted by Crippen LogP contribution is -2.48. The maximum atomic E-state index is 12.1. The number of hydrogen-bond acceptors (Lipinski definition) is 6. The topological polar surface area (TPSA) is 59.1 Å². The summed E-state index contributed by atoms with van der Waals surface area (Å²) in [4.78, 5) is 28.9. The number of piperazine rings is 1. The first-order valence-electron chi connectivity index (χ1n) is 11.5. The van der Waals surface area contributed by atoms with Gasteiger partial charge in [0.15, 0.2) is 0 Å². The van der Waals surface area contributed by atoms with E-state index in [2.05, 4.69) is 9.80 Å². The molecule has 8 heteroatoms. The summed E-state index contributed by atoms with van der Waals surface area (Å²) in [5.41, 5.74) is 0. The van der Waals surface area contributed by atoms with E-state index in [0.717, 1.165) is 90.6 Å². The van der Waals surface area contributed by atoms with E-state index in [0.29, 0.717) is 13.2 Å². The summed E-state index contributed by atoms with van der Waals surface area (Å²) in [5.74, 6) is 0.306. The molecule has 1 saturated heterocycles. The van der Waals surface area contributed by atoms with Crippen LogP contribution in [0.2, 0.25) is 0 Å². The maximum absolute atomic E-state index is 12.1. The first-order chi connectivity index (χ1) is 13.7. The Balaban J connectivity index is 0.00000225. The second-order valence-corrected chi connectivity index (χ2v) is 8.69. The Morgan fingerprint density at radius 3 is 1.27 bits per heavy atom. The molecule has 176 valence electrons. The van der Waals surface area contributed by atoms with Gasteiger partial charge < -0.3 is 9.47 Å². The number of carbonyl (C=O) groups is 2. The van der Waals surface area contributed by atoms with Gasteiger partial charge in [-0.05, 0) is 25.7 Å². The molecular weight excluding hydrogens is 427 g/mol. The van der Waals surface area contributed by atoms with Gasteiger partial charge in [0.25, 0.3) is 0 Å². The van der Waals surface area contributed by atoms with Crippen molar-refractivity contribution in [3.05, 3.63) is 0 Å². The number of carbonyl (C=O) groups excluding carboxylic acids is 2. The fourth-order valence-electron chi connectivity index (χ4n) is 4.70. The van der Waals surface area contributed by atoms with E-state index < -0.39 is 0 Å². The standard InChI is InChI=1S/C22H38N2O4.2ClH/c25-21(19-7-3-1-4-8-19)27-17-15-23-11-13-24(14-12-23)16-18-28-22(26)20-9-5-2-6-10-20;;/h19-20H,1-18H2;2*1H. The molecule has 3 rings (SSSR count). The van der Waals surface area contributed by atoms with Gasteiger partial charge in [-0.2, -0.15) is 0 Å². The molecule has 30 heavy (non-hydrogen) atoms. The third-order valence-electron chi connectivity index (χ3n) is 6.65. The average molecular weight is 467 g/mol. The molecule has 0 radical (unpaired) electrons. The van der Waals surface area contributed by atoms with Crippen molar-refractivity contribution in [2.24, 2.45) is 11.8 Å². The smallest absolute Gasteiger partial charge is 0.308 e. The molecule has 2 aliphatic carbocycles. The van der Waals surface area contributed by atoms with E-state index in [1.54, 1.807) is 0 Å². The summed E-state index contributed by atoms with van der Waals surface area (Å²) in [6, 6.07) is 0. The SMILES string of the molecule is Cl.Cl.O=C(OCCN1CCN(CCOC(=O)C2CCCCC2)CC1)C1CCCCC1. The van der Waals surface area contributed by atoms with E-state index in [4.69, 9.17) is 9.47 Å². The highest BCUT2D eigenvalue weighted by Gasteiger charge is 2.24. The quantitative estimate of drug-likeness (QED) is 0.508. The van der Waals surface area contributed by atoms with Gasteiger partial charge in [-0.15, -0.1) is 24.8 Å². The van der Waals surface area contributed by atoms with Gasteiger partial charge in [0.2, 0.25) is 0 Å². The van der Waals surface area contributed by atoms with Gasteiger partial charge in [0.1, 0.15) is 13.2 Å². The predicted molar refractivity (Wildman–Crippen MR) is 122 cm³/mol. The molecular formula is C22H40Cl2N2O4. The largest absolute Gasteiger partial charge is 0.464 e. The summed E-state index contributed by atoms with van der Waals surface area (Å²) in [6.07, 6.45) is 11.2. The Hall–Kier alpha value is -0.560. The number of hydrogen-bond donors (Lipinski definition) is 0. The molecule has 1 heterocycles. The van der Waals surface area contributed by atoms with Crippen molar-refractivity contribution in [3.63, 3.8) is 0 Å². The van der Waals surface area contributed by atoms with Gasteiger partial charge in [-0.3, -0.25) is 19.4 Å². The van der Waals surface area contributed by atoms with Gasteiger partial charge >= 0.3 is 11.9 Å². The predicted octanol–water partition coefficient (Wildman–Crippen LogP) is 3.69. The highest BCUT2D eigenvalue weighted by molar-refractivity contribution is 5.85. The van der Waals surface area contributed by atoms with E-state index in [-0.39, 0.29) is 48.6 Å². The fourth-order valence-corrected chi connectivity index (χ4v) is 4.70. The van der Waals surface area contributed by atoms with Gasteiger partial charge in [0.05, 0.1) is 11.8 Å². The van der Waals surface area contributed by atoms with Gasteiger partial charge in [-0.1, -0.05) is 38.5 Å². The fraction of sp³-hybridized carbons (Fsp3) is 0.909. The minimum absolute atomic E-state index is 0. The zero-order valence-electron chi connectivity index (χ0n) is 18.2. The highest BCUT2D eigenvalue weighted by Crippen LogP contribution is 2.25. The van der Waals surface area contributed by atoms with E-state index in [9.17, 15) is 9.59 Å². The Labute approximate surface area is 194 Å². The summed E-state index contributed by atoms with van der Waals surface area (Å²) in [7, 11) is 0. The third-order valence-corrected chi connectivity index (χ3v) is 6.65. The minimum Gasteiger partial charge on any atom is -0.464 e. The summed E-state index contributed by atoms with van der Waals surface area (Å²) < 4.78 is 11.0. The molecule has 1 aliphatic heterocycles. The molecule has 0 aromatic heterocycles. The van der Waals surface area contributed by atoms with Crippen LogP contribution >= 0.6 is 24.8 Å². The van der Waals surface area contributed by atoms with Crippen LogP contribution in [0, 0.1) is 11.8 Å².